The minimum absolute atomic E-state index is 0.212. The highest BCUT2D eigenvalue weighted by Gasteiger charge is 2.28. The van der Waals surface area contributed by atoms with E-state index in [1.54, 1.807) is 4.90 Å². The van der Waals surface area contributed by atoms with Crippen molar-refractivity contribution < 1.29 is 9.53 Å². The van der Waals surface area contributed by atoms with Gasteiger partial charge in [-0.2, -0.15) is 0 Å². The van der Waals surface area contributed by atoms with Gasteiger partial charge in [0.2, 0.25) is 0 Å². The first-order valence-corrected chi connectivity index (χ1v) is 8.36. The van der Waals surface area contributed by atoms with Crippen LogP contribution in [-0.4, -0.2) is 29.7 Å². The molecule has 5 heteroatoms. The van der Waals surface area contributed by atoms with E-state index in [2.05, 4.69) is 22.0 Å². The van der Waals surface area contributed by atoms with Crippen molar-refractivity contribution in [2.45, 2.75) is 45.1 Å². The molecule has 0 atom stereocenters. The van der Waals surface area contributed by atoms with Crippen molar-refractivity contribution in [1.29, 1.82) is 0 Å². The van der Waals surface area contributed by atoms with E-state index in [9.17, 15) is 4.79 Å². The van der Waals surface area contributed by atoms with Crippen LogP contribution >= 0.6 is 27.5 Å². The summed E-state index contributed by atoms with van der Waals surface area (Å²) in [6.07, 6.45) is 1.68. The molecule has 0 radical (unpaired) electrons. The van der Waals surface area contributed by atoms with E-state index in [0.29, 0.717) is 5.92 Å². The van der Waals surface area contributed by atoms with E-state index >= 15 is 0 Å². The molecule has 0 spiro atoms. The molecule has 1 aromatic rings. The Hall–Kier alpha value is -0.740. The molecule has 21 heavy (non-hydrogen) atoms. The molecule has 2 rings (SSSR count). The summed E-state index contributed by atoms with van der Waals surface area (Å²) in [7, 11) is 0. The SMILES string of the molecule is CC(C)(C)OC(=O)N1CCC(c2ccc(Cl)cc2Br)CC1. The van der Waals surface area contributed by atoms with Gasteiger partial charge in [-0.1, -0.05) is 33.6 Å². The van der Waals surface area contributed by atoms with Gasteiger partial charge in [0.15, 0.2) is 0 Å². The van der Waals surface area contributed by atoms with Crippen molar-refractivity contribution in [3.63, 3.8) is 0 Å². The third-order valence-electron chi connectivity index (χ3n) is 3.55. The van der Waals surface area contributed by atoms with Crippen LogP contribution in [0.2, 0.25) is 5.02 Å². The molecular formula is C16H21BrClNO2. The summed E-state index contributed by atoms with van der Waals surface area (Å²) in [5.41, 5.74) is 0.830. The lowest BCUT2D eigenvalue weighted by Crippen LogP contribution is -2.41. The summed E-state index contributed by atoms with van der Waals surface area (Å²) in [4.78, 5) is 13.8. The molecule has 1 aromatic carbocycles. The molecule has 0 aliphatic carbocycles. The molecule has 0 bridgehead atoms. The molecule has 116 valence electrons. The first-order chi connectivity index (χ1) is 9.76. The van der Waals surface area contributed by atoms with Crippen LogP contribution in [-0.2, 0) is 4.74 Å². The Morgan fingerprint density at radius 3 is 2.48 bits per heavy atom. The zero-order chi connectivity index (χ0) is 15.6. The van der Waals surface area contributed by atoms with Crippen LogP contribution in [0.3, 0.4) is 0 Å². The molecule has 1 aliphatic rings. The van der Waals surface area contributed by atoms with Crippen molar-refractivity contribution in [2.24, 2.45) is 0 Å². The third-order valence-corrected chi connectivity index (χ3v) is 4.47. The maximum atomic E-state index is 12.0. The van der Waals surface area contributed by atoms with Gasteiger partial charge in [0.05, 0.1) is 0 Å². The van der Waals surface area contributed by atoms with Gasteiger partial charge in [0, 0.05) is 22.6 Å². The zero-order valence-electron chi connectivity index (χ0n) is 12.7. The number of hydrogen-bond donors (Lipinski definition) is 0. The molecule has 1 saturated heterocycles. The molecule has 1 heterocycles. The average Bonchev–Trinajstić information content (AvgIpc) is 2.37. The number of carbonyl (C=O) groups is 1. The molecule has 0 N–H and O–H groups in total. The van der Waals surface area contributed by atoms with Crippen LogP contribution in [0.15, 0.2) is 22.7 Å². The third kappa shape index (κ3) is 4.62. The number of nitrogens with zero attached hydrogens (tertiary/aromatic N) is 1. The highest BCUT2D eigenvalue weighted by Crippen LogP contribution is 2.34. The van der Waals surface area contributed by atoms with Gasteiger partial charge in [-0.05, 0) is 57.2 Å². The number of likely N-dealkylation sites (tertiary alicyclic amines) is 1. The van der Waals surface area contributed by atoms with Gasteiger partial charge in [0.25, 0.3) is 0 Å². The second-order valence-electron chi connectivity index (χ2n) is 6.41. The predicted molar refractivity (Wildman–Crippen MR) is 88.9 cm³/mol. The highest BCUT2D eigenvalue weighted by molar-refractivity contribution is 9.10. The smallest absolute Gasteiger partial charge is 0.410 e. The Morgan fingerprint density at radius 1 is 1.33 bits per heavy atom. The lowest BCUT2D eigenvalue weighted by atomic mass is 9.89. The molecule has 0 aromatic heterocycles. The Labute approximate surface area is 139 Å². The normalized spacial score (nSPS) is 16.9. The van der Waals surface area contributed by atoms with Crippen LogP contribution in [0.5, 0.6) is 0 Å². The fourth-order valence-electron chi connectivity index (χ4n) is 2.53. The number of rotatable bonds is 1. The van der Waals surface area contributed by atoms with Crippen LogP contribution in [0.1, 0.15) is 45.1 Å². The van der Waals surface area contributed by atoms with E-state index in [0.717, 1.165) is 35.4 Å². The lowest BCUT2D eigenvalue weighted by Gasteiger charge is -2.34. The number of amides is 1. The quantitative estimate of drug-likeness (QED) is 0.674. The number of carbonyl (C=O) groups excluding carboxylic acids is 1. The summed E-state index contributed by atoms with van der Waals surface area (Å²) in [5, 5.41) is 0.733. The molecule has 0 unspecified atom stereocenters. The molecular weight excluding hydrogens is 354 g/mol. The summed E-state index contributed by atoms with van der Waals surface area (Å²) in [6, 6.07) is 5.92. The molecule has 1 aliphatic heterocycles. The first-order valence-electron chi connectivity index (χ1n) is 7.19. The Morgan fingerprint density at radius 2 is 1.95 bits per heavy atom. The van der Waals surface area contributed by atoms with E-state index in [-0.39, 0.29) is 6.09 Å². The topological polar surface area (TPSA) is 29.5 Å². The standard InChI is InChI=1S/C16H21BrClNO2/c1-16(2,3)21-15(20)19-8-6-11(7-9-19)13-5-4-12(18)10-14(13)17/h4-5,10-11H,6-9H2,1-3H3. The summed E-state index contributed by atoms with van der Waals surface area (Å²) in [6.45, 7) is 7.14. The van der Waals surface area contributed by atoms with Gasteiger partial charge in [-0.3, -0.25) is 0 Å². The molecule has 3 nitrogen and oxygen atoms in total. The van der Waals surface area contributed by atoms with Crippen molar-refractivity contribution in [1.82, 2.24) is 4.90 Å². The fraction of sp³-hybridized carbons (Fsp3) is 0.562. The first kappa shape index (κ1) is 16.6. The summed E-state index contributed by atoms with van der Waals surface area (Å²) in [5.74, 6) is 0.454. The van der Waals surface area contributed by atoms with E-state index in [1.165, 1.54) is 5.56 Å². The predicted octanol–water partition coefficient (Wildman–Crippen LogP) is 5.22. The molecule has 0 saturated carbocycles. The van der Waals surface area contributed by atoms with Crippen molar-refractivity contribution in [2.75, 3.05) is 13.1 Å². The van der Waals surface area contributed by atoms with Crippen molar-refractivity contribution >= 4 is 33.6 Å². The van der Waals surface area contributed by atoms with E-state index in [1.807, 2.05) is 32.9 Å². The van der Waals surface area contributed by atoms with E-state index in [4.69, 9.17) is 16.3 Å². The number of piperidine rings is 1. The van der Waals surface area contributed by atoms with Gasteiger partial charge in [-0.15, -0.1) is 0 Å². The number of ether oxygens (including phenoxy) is 1. The van der Waals surface area contributed by atoms with Crippen molar-refractivity contribution in [3.05, 3.63) is 33.3 Å². The second-order valence-corrected chi connectivity index (χ2v) is 7.70. The average molecular weight is 375 g/mol. The van der Waals surface area contributed by atoms with Crippen LogP contribution < -0.4 is 0 Å². The van der Waals surface area contributed by atoms with Crippen LogP contribution in [0, 0.1) is 0 Å². The maximum absolute atomic E-state index is 12.0. The molecule has 1 amide bonds. The largest absolute Gasteiger partial charge is 0.444 e. The monoisotopic (exact) mass is 373 g/mol. The van der Waals surface area contributed by atoms with Crippen LogP contribution in [0.25, 0.3) is 0 Å². The van der Waals surface area contributed by atoms with Gasteiger partial charge in [0.1, 0.15) is 5.60 Å². The van der Waals surface area contributed by atoms with Gasteiger partial charge >= 0.3 is 6.09 Å². The Bertz CT molecular complexity index is 519. The summed E-state index contributed by atoms with van der Waals surface area (Å²) >= 11 is 9.56. The number of benzene rings is 1. The second kappa shape index (κ2) is 6.57. The Balaban J connectivity index is 1.95. The maximum Gasteiger partial charge on any atom is 0.410 e. The lowest BCUT2D eigenvalue weighted by molar-refractivity contribution is 0.0204. The van der Waals surface area contributed by atoms with Crippen LogP contribution in [0.4, 0.5) is 4.79 Å². The summed E-state index contributed by atoms with van der Waals surface area (Å²) < 4.78 is 6.46. The molecule has 1 fully saturated rings. The van der Waals surface area contributed by atoms with Gasteiger partial charge < -0.3 is 9.64 Å². The zero-order valence-corrected chi connectivity index (χ0v) is 15.0. The van der Waals surface area contributed by atoms with Crippen molar-refractivity contribution in [3.8, 4) is 0 Å². The number of halogens is 2. The van der Waals surface area contributed by atoms with Gasteiger partial charge in [-0.25, -0.2) is 4.79 Å². The number of hydrogen-bond acceptors (Lipinski definition) is 2. The highest BCUT2D eigenvalue weighted by atomic mass is 79.9. The minimum atomic E-state index is -0.437. The van der Waals surface area contributed by atoms with E-state index < -0.39 is 5.60 Å². The minimum Gasteiger partial charge on any atom is -0.444 e. The Kier molecular flexibility index (Phi) is 5.20. The fourth-order valence-corrected chi connectivity index (χ4v) is 3.54.